The highest BCUT2D eigenvalue weighted by molar-refractivity contribution is 8.01. The number of unbranched alkanes of at least 4 members (excludes halogenated alkanes) is 16. The van der Waals surface area contributed by atoms with E-state index in [0.29, 0.717) is 37.8 Å². The molecule has 6 amide bonds. The minimum Gasteiger partial charge on any atom is -0.359 e. The molecule has 0 spiro atoms. The van der Waals surface area contributed by atoms with E-state index in [2.05, 4.69) is 75.7 Å². The number of hydrogen-bond donors (Lipinski definition) is 2. The van der Waals surface area contributed by atoms with Crippen LogP contribution in [-0.2, 0) is 28.8 Å². The van der Waals surface area contributed by atoms with Gasteiger partial charge in [-0.25, -0.2) is 0 Å². The van der Waals surface area contributed by atoms with Gasteiger partial charge in [-0.05, 0) is 123 Å². The van der Waals surface area contributed by atoms with Crippen LogP contribution in [0.25, 0.3) is 0 Å². The van der Waals surface area contributed by atoms with Gasteiger partial charge in [-0.1, -0.05) is 174 Å². The molecule has 2 saturated carbocycles. The lowest BCUT2D eigenvalue weighted by molar-refractivity contribution is -0.140. The number of nitrogens with zero attached hydrogens (tertiary/aromatic N) is 2. The predicted octanol–water partition coefficient (Wildman–Crippen LogP) is 16.7. The van der Waals surface area contributed by atoms with Crippen molar-refractivity contribution >= 4 is 82.5 Å². The van der Waals surface area contributed by atoms with Crippen molar-refractivity contribution in [3.8, 4) is 0 Å². The quantitative estimate of drug-likeness (QED) is 0.0474. The first-order valence-corrected chi connectivity index (χ1v) is 33.9. The van der Waals surface area contributed by atoms with E-state index in [0.717, 1.165) is 75.7 Å². The van der Waals surface area contributed by atoms with Crippen LogP contribution in [0.2, 0.25) is 0 Å². The lowest BCUT2D eigenvalue weighted by atomic mass is 9.81. The standard InChI is InChI=1S/2C20H34N2O3S.2C9H20S.4CH4/c2*1-3-4-5-6-7-12-26-17-13-18(23)22(20(17)25)14-15-8-10-16(11-9-15)19(24)21-2;2*1-3-5-6-7-8-9-10-4-2;;;;/h2*15-17H,3-14H2,1-2H3,(H,21,24);2*3-9H2,1-2H3;4*1H4. The van der Waals surface area contributed by atoms with Gasteiger partial charge in [0.2, 0.25) is 35.4 Å². The molecule has 4 rings (SSSR count). The number of carbonyl (C=O) groups is 6. The summed E-state index contributed by atoms with van der Waals surface area (Å²) >= 11 is 7.46. The highest BCUT2D eigenvalue weighted by atomic mass is 32.2. The molecule has 4 fully saturated rings. The summed E-state index contributed by atoms with van der Waals surface area (Å²) in [6, 6.07) is 0. The van der Waals surface area contributed by atoms with Crippen molar-refractivity contribution in [1.82, 2.24) is 20.4 Å². The number of thioether (sulfide) groups is 4. The first kappa shape index (κ1) is 81.1. The number of amides is 6. The van der Waals surface area contributed by atoms with Crippen molar-refractivity contribution in [2.24, 2.45) is 23.7 Å². The van der Waals surface area contributed by atoms with Gasteiger partial charge in [0, 0.05) is 51.9 Å². The van der Waals surface area contributed by atoms with Crippen molar-refractivity contribution in [2.45, 2.75) is 274 Å². The van der Waals surface area contributed by atoms with E-state index in [1.54, 1.807) is 37.6 Å². The molecule has 0 bridgehead atoms. The summed E-state index contributed by atoms with van der Waals surface area (Å²) in [7, 11) is 3.36. The second kappa shape index (κ2) is 54.2. The molecule has 2 aliphatic heterocycles. The predicted molar refractivity (Wildman–Crippen MR) is 342 cm³/mol. The molecular weight excluding hydrogens is 1020 g/mol. The number of carbonyl (C=O) groups excluding carboxylic acids is 6. The third-order valence-corrected chi connectivity index (χ3v) is 19.1. The molecule has 4 aliphatic rings. The smallest absolute Gasteiger partial charge is 0.242 e. The highest BCUT2D eigenvalue weighted by Crippen LogP contribution is 2.34. The number of hydrogen-bond acceptors (Lipinski definition) is 10. The zero-order valence-corrected chi connectivity index (χ0v) is 50.6. The van der Waals surface area contributed by atoms with Crippen molar-refractivity contribution in [2.75, 3.05) is 61.7 Å². The Balaban J connectivity index is -0.000000487. The van der Waals surface area contributed by atoms with Crippen LogP contribution in [-0.4, -0.2) is 117 Å². The van der Waals surface area contributed by atoms with Crippen LogP contribution >= 0.6 is 47.0 Å². The van der Waals surface area contributed by atoms with Gasteiger partial charge in [0.05, 0.1) is 10.5 Å². The molecule has 76 heavy (non-hydrogen) atoms. The second-order valence-electron chi connectivity index (χ2n) is 20.5. The van der Waals surface area contributed by atoms with Crippen molar-refractivity contribution in [3.05, 3.63) is 0 Å². The van der Waals surface area contributed by atoms with Crippen LogP contribution in [0.3, 0.4) is 0 Å². The minimum absolute atomic E-state index is 0. The van der Waals surface area contributed by atoms with E-state index >= 15 is 0 Å². The van der Waals surface area contributed by atoms with Gasteiger partial charge < -0.3 is 10.6 Å². The molecule has 0 radical (unpaired) electrons. The summed E-state index contributed by atoms with van der Waals surface area (Å²) in [5.74, 6) is 8.40. The van der Waals surface area contributed by atoms with E-state index in [4.69, 9.17) is 0 Å². The van der Waals surface area contributed by atoms with Gasteiger partial charge in [-0.3, -0.25) is 38.6 Å². The Bertz CT molecular complexity index is 1310. The van der Waals surface area contributed by atoms with Crippen molar-refractivity contribution < 1.29 is 28.8 Å². The maximum Gasteiger partial charge on any atom is 0.242 e. The fourth-order valence-corrected chi connectivity index (χ4v) is 13.6. The monoisotopic (exact) mass is 1150 g/mol. The molecule has 2 N–H and O–H groups in total. The Hall–Kier alpha value is -1.38. The number of nitrogens with one attached hydrogen (secondary N) is 2. The molecule has 2 unspecified atom stereocenters. The fraction of sp³-hybridized carbons (Fsp3) is 0.903. The van der Waals surface area contributed by atoms with Gasteiger partial charge in [-0.15, -0.1) is 23.5 Å². The van der Waals surface area contributed by atoms with Crippen LogP contribution < -0.4 is 10.6 Å². The Morgan fingerprint density at radius 2 is 0.697 bits per heavy atom. The molecule has 2 saturated heterocycles. The lowest BCUT2D eigenvalue weighted by Gasteiger charge is -2.29. The first-order chi connectivity index (χ1) is 35.0. The summed E-state index contributed by atoms with van der Waals surface area (Å²) in [5.41, 5.74) is 0. The summed E-state index contributed by atoms with van der Waals surface area (Å²) in [5, 5.41) is 5.09. The van der Waals surface area contributed by atoms with Crippen LogP contribution in [0.15, 0.2) is 0 Å². The minimum atomic E-state index is -0.170. The zero-order chi connectivity index (χ0) is 53.2. The molecule has 2 aliphatic carbocycles. The van der Waals surface area contributed by atoms with E-state index in [1.807, 2.05) is 0 Å². The SMILES string of the molecule is C.C.C.C.CCCCCCCSC1CC(=O)N(CC2CCC(C(=O)NC)CC2)C1=O.CCCCCCCSC1CC(=O)N(CC2CCC(C(=O)NC)CC2)C1=O.CCCCCCCSCC.CCCCCCCSCC. The summed E-state index contributed by atoms with van der Waals surface area (Å²) in [4.78, 5) is 76.2. The Morgan fingerprint density at radius 3 is 0.961 bits per heavy atom. The maximum absolute atomic E-state index is 12.6. The molecule has 0 aromatic rings. The Morgan fingerprint density at radius 1 is 0.421 bits per heavy atom. The lowest BCUT2D eigenvalue weighted by Crippen LogP contribution is -2.38. The van der Waals surface area contributed by atoms with Gasteiger partial charge >= 0.3 is 0 Å². The van der Waals surface area contributed by atoms with E-state index < -0.39 is 0 Å². The number of likely N-dealkylation sites (tertiary alicyclic amines) is 2. The molecule has 2 atom stereocenters. The molecule has 0 aromatic heterocycles. The molecule has 14 heteroatoms. The molecule has 0 aromatic carbocycles. The normalized spacial score (nSPS) is 20.7. The zero-order valence-electron chi connectivity index (χ0n) is 47.3. The fourth-order valence-electron chi connectivity index (χ4n) is 9.86. The summed E-state index contributed by atoms with van der Waals surface area (Å²) < 4.78 is 0. The van der Waals surface area contributed by atoms with E-state index in [1.165, 1.54) is 148 Å². The highest BCUT2D eigenvalue weighted by Gasteiger charge is 2.41. The van der Waals surface area contributed by atoms with Crippen molar-refractivity contribution in [1.29, 1.82) is 0 Å². The molecular formula is C62H124N4O6S4. The largest absolute Gasteiger partial charge is 0.359 e. The molecule has 2 heterocycles. The first-order valence-electron chi connectivity index (χ1n) is 29.5. The maximum atomic E-state index is 12.6. The molecule has 452 valence electrons. The van der Waals surface area contributed by atoms with Crippen LogP contribution in [0.5, 0.6) is 0 Å². The van der Waals surface area contributed by atoms with E-state index in [9.17, 15) is 28.8 Å². The Kier molecular flexibility index (Phi) is 57.9. The third-order valence-electron chi connectivity index (χ3n) is 14.5. The van der Waals surface area contributed by atoms with Gasteiger partial charge in [0.1, 0.15) is 0 Å². The third kappa shape index (κ3) is 36.8. The Labute approximate surface area is 488 Å². The van der Waals surface area contributed by atoms with Crippen LogP contribution in [0, 0.1) is 23.7 Å². The molecule has 10 nitrogen and oxygen atoms in total. The topological polar surface area (TPSA) is 133 Å². The number of imide groups is 2. The van der Waals surface area contributed by atoms with Crippen molar-refractivity contribution in [3.63, 3.8) is 0 Å². The summed E-state index contributed by atoms with van der Waals surface area (Å²) in [6.45, 7) is 14.5. The summed E-state index contributed by atoms with van der Waals surface area (Å²) in [6.07, 6.45) is 34.3. The second-order valence-corrected chi connectivity index (χ2v) is 25.9. The van der Waals surface area contributed by atoms with Crippen LogP contribution in [0.1, 0.15) is 264 Å². The van der Waals surface area contributed by atoms with E-state index in [-0.39, 0.29) is 87.5 Å². The average Bonchev–Trinajstić information content (AvgIpc) is 3.82. The average molecular weight is 1150 g/mol. The van der Waals surface area contributed by atoms with Gasteiger partial charge in [0.25, 0.3) is 0 Å². The van der Waals surface area contributed by atoms with Gasteiger partial charge in [-0.2, -0.15) is 23.5 Å². The van der Waals surface area contributed by atoms with Crippen LogP contribution in [0.4, 0.5) is 0 Å². The number of rotatable bonds is 34. The van der Waals surface area contributed by atoms with Gasteiger partial charge in [0.15, 0.2) is 0 Å².